The van der Waals surface area contributed by atoms with Crippen molar-refractivity contribution in [3.05, 3.63) is 39.7 Å². The molecule has 6 N–H and O–H groups in total. The van der Waals surface area contributed by atoms with Gasteiger partial charge in [-0.3, -0.25) is 24.2 Å². The molecular weight excluding hydrogens is 587 g/mol. The lowest BCUT2D eigenvalue weighted by Crippen LogP contribution is -2.65. The number of piperidine rings is 1. The molecule has 0 aromatic heterocycles. The van der Waals surface area contributed by atoms with Crippen molar-refractivity contribution in [1.82, 2.24) is 9.80 Å². The Kier molecular flexibility index (Phi) is 8.00. The van der Waals surface area contributed by atoms with Crippen molar-refractivity contribution in [2.75, 3.05) is 27.2 Å². The van der Waals surface area contributed by atoms with Crippen LogP contribution in [0.4, 0.5) is 13.2 Å². The summed E-state index contributed by atoms with van der Waals surface area (Å²) in [7, 11) is 2.92. The molecule has 14 heteroatoms. The zero-order chi connectivity index (χ0) is 32.5. The van der Waals surface area contributed by atoms with Gasteiger partial charge in [0.25, 0.3) is 5.91 Å². The Labute approximate surface area is 251 Å². The lowest BCUT2D eigenvalue weighted by atomic mass is 9.57. The normalized spacial score (nSPS) is 29.5. The van der Waals surface area contributed by atoms with Crippen LogP contribution in [0.15, 0.2) is 23.0 Å². The number of Topliss-reactive ketones (excluding diaryl/α,β-unsaturated/α-hetero) is 2. The number of aromatic hydroxyl groups is 1. The summed E-state index contributed by atoms with van der Waals surface area (Å²) in [4.78, 5) is 42.8. The molecule has 1 aromatic carbocycles. The van der Waals surface area contributed by atoms with E-state index in [9.17, 15) is 48.0 Å². The van der Waals surface area contributed by atoms with Crippen LogP contribution in [0.2, 0.25) is 0 Å². The van der Waals surface area contributed by atoms with Crippen LogP contribution in [0.25, 0.3) is 5.76 Å². The number of phenolic OH excluding ortho intramolecular Hbond substituents is 1. The second-order valence-electron chi connectivity index (χ2n) is 12.2. The van der Waals surface area contributed by atoms with E-state index in [2.05, 4.69) is 4.74 Å². The number of carbonyl (C=O) groups is 3. The first-order valence-electron chi connectivity index (χ1n) is 14.6. The third kappa shape index (κ3) is 4.83. The highest BCUT2D eigenvalue weighted by Crippen LogP contribution is 2.55. The molecule has 1 unspecified atom stereocenters. The van der Waals surface area contributed by atoms with Gasteiger partial charge in [-0.25, -0.2) is 0 Å². The van der Waals surface area contributed by atoms with E-state index in [0.29, 0.717) is 19.5 Å². The average Bonchev–Trinajstić information content (AvgIpc) is 2.91. The molecule has 1 aliphatic heterocycles. The first-order chi connectivity index (χ1) is 20.5. The minimum absolute atomic E-state index is 0.104. The van der Waals surface area contributed by atoms with E-state index in [-0.39, 0.29) is 24.0 Å². The first kappa shape index (κ1) is 31.8. The van der Waals surface area contributed by atoms with Crippen LogP contribution >= 0.6 is 0 Å². The summed E-state index contributed by atoms with van der Waals surface area (Å²) in [6.45, 7) is 3.19. The summed E-state index contributed by atoms with van der Waals surface area (Å²) in [6.07, 6.45) is -2.85. The number of ketones is 2. The number of hydrogen-bond donors (Lipinski definition) is 5. The fraction of sp³-hybridized carbons (Fsp3) is 0.567. The monoisotopic (exact) mass is 623 g/mol. The molecule has 1 amide bonds. The van der Waals surface area contributed by atoms with Crippen LogP contribution in [0.3, 0.4) is 0 Å². The Balaban J connectivity index is 1.73. The van der Waals surface area contributed by atoms with E-state index >= 15 is 0 Å². The number of aliphatic hydroxyl groups is 3. The SMILES string of the molecule is CCCN1CCCCC1c1cc(O)c2c(c1OC(F)(F)F)C[C@H]1C[C@H]3[C@H](N(C)C)C(=O)C(C(N)=O)=C(O)[C@@]3(O)C(=O)C1=C2O. The number of nitrogens with zero attached hydrogens (tertiary/aromatic N) is 2. The van der Waals surface area contributed by atoms with Crippen LogP contribution in [0.1, 0.15) is 61.8 Å². The highest BCUT2D eigenvalue weighted by atomic mass is 19.4. The summed E-state index contributed by atoms with van der Waals surface area (Å²) < 4.78 is 46.4. The van der Waals surface area contributed by atoms with Crippen molar-refractivity contribution in [3.8, 4) is 11.5 Å². The lowest BCUT2D eigenvalue weighted by Gasteiger charge is -2.50. The van der Waals surface area contributed by atoms with Gasteiger partial charge in [-0.1, -0.05) is 13.3 Å². The summed E-state index contributed by atoms with van der Waals surface area (Å²) in [6, 6.07) is -0.709. The number of nitrogens with two attached hydrogens (primary N) is 1. The Morgan fingerprint density at radius 1 is 1.20 bits per heavy atom. The quantitative estimate of drug-likeness (QED) is 0.297. The number of phenols is 1. The molecule has 0 radical (unpaired) electrons. The van der Waals surface area contributed by atoms with Gasteiger partial charge in [0.1, 0.15) is 28.6 Å². The third-order valence-corrected chi connectivity index (χ3v) is 9.40. The number of halogens is 3. The van der Waals surface area contributed by atoms with Gasteiger partial charge in [-0.05, 0) is 71.3 Å². The van der Waals surface area contributed by atoms with Crippen LogP contribution < -0.4 is 10.5 Å². The molecular formula is C30H36F3N3O8. The van der Waals surface area contributed by atoms with Crippen molar-refractivity contribution in [3.63, 3.8) is 0 Å². The highest BCUT2D eigenvalue weighted by Gasteiger charge is 2.64. The molecule has 0 spiro atoms. The van der Waals surface area contributed by atoms with Crippen LogP contribution in [0.5, 0.6) is 11.5 Å². The zero-order valence-corrected chi connectivity index (χ0v) is 24.6. The second-order valence-corrected chi connectivity index (χ2v) is 12.2. The smallest absolute Gasteiger partial charge is 0.508 e. The maximum atomic E-state index is 14.0. The number of likely N-dealkylation sites (tertiary alicyclic amines) is 1. The van der Waals surface area contributed by atoms with Crippen molar-refractivity contribution >= 4 is 23.2 Å². The van der Waals surface area contributed by atoms with Gasteiger partial charge in [0.15, 0.2) is 11.4 Å². The maximum absolute atomic E-state index is 14.0. The minimum atomic E-state index is -5.13. The Bertz CT molecular complexity index is 1480. The zero-order valence-electron chi connectivity index (χ0n) is 24.6. The molecule has 240 valence electrons. The predicted molar refractivity (Wildman–Crippen MR) is 149 cm³/mol. The number of aliphatic hydroxyl groups excluding tert-OH is 2. The number of benzene rings is 1. The lowest BCUT2D eigenvalue weighted by molar-refractivity contribution is -0.275. The summed E-state index contributed by atoms with van der Waals surface area (Å²) >= 11 is 0. The van der Waals surface area contributed by atoms with Crippen LogP contribution in [-0.4, -0.2) is 92.9 Å². The number of fused-ring (bicyclic) bond motifs is 3. The molecule has 5 rings (SSSR count). The standard InChI is InChI=1S/C30H36F3N3O8/c1-4-8-36-9-6-5-7-17(36)14-12-18(37)20-15(25(14)44-30(31,32)33)10-13-11-16-22(35(2)3)24(39)21(28(34)42)27(41)29(16,43)26(40)19(13)23(20)38/h12-13,16-17,22,37-38,41,43H,4-11H2,1-3H3,(H2,34,42)/t13-,16-,17?,22-,29-/m0/s1. The molecule has 5 atom stereocenters. The average molecular weight is 624 g/mol. The topological polar surface area (TPSA) is 174 Å². The van der Waals surface area contributed by atoms with Gasteiger partial charge < -0.3 is 30.9 Å². The minimum Gasteiger partial charge on any atom is -0.508 e. The molecule has 2 fully saturated rings. The number of carbonyl (C=O) groups excluding carboxylic acids is 3. The largest absolute Gasteiger partial charge is 0.573 e. The molecule has 0 bridgehead atoms. The number of primary amides is 1. The number of rotatable bonds is 6. The fourth-order valence-corrected chi connectivity index (χ4v) is 7.70. The van der Waals surface area contributed by atoms with Gasteiger partial charge in [0, 0.05) is 28.7 Å². The predicted octanol–water partition coefficient (Wildman–Crippen LogP) is 2.80. The van der Waals surface area contributed by atoms with Crippen molar-refractivity contribution in [2.45, 2.75) is 69.5 Å². The van der Waals surface area contributed by atoms with Crippen molar-refractivity contribution in [2.24, 2.45) is 17.6 Å². The second kappa shape index (κ2) is 11.1. The van der Waals surface area contributed by atoms with Gasteiger partial charge in [0.2, 0.25) is 5.78 Å². The van der Waals surface area contributed by atoms with E-state index in [0.717, 1.165) is 25.3 Å². The summed E-state index contributed by atoms with van der Waals surface area (Å²) in [5.74, 6) is -9.23. The van der Waals surface area contributed by atoms with Crippen LogP contribution in [0, 0.1) is 11.8 Å². The molecule has 11 nitrogen and oxygen atoms in total. The molecule has 3 aliphatic carbocycles. The van der Waals surface area contributed by atoms with Gasteiger partial charge in [-0.2, -0.15) is 0 Å². The molecule has 4 aliphatic rings. The number of amides is 1. The van der Waals surface area contributed by atoms with E-state index < -0.39 is 93.1 Å². The Morgan fingerprint density at radius 2 is 1.89 bits per heavy atom. The van der Waals surface area contributed by atoms with E-state index in [1.165, 1.54) is 19.0 Å². The molecule has 1 heterocycles. The summed E-state index contributed by atoms with van der Waals surface area (Å²) in [5.41, 5.74) is 0.551. The fourth-order valence-electron chi connectivity index (χ4n) is 7.70. The van der Waals surface area contributed by atoms with E-state index in [4.69, 9.17) is 5.73 Å². The van der Waals surface area contributed by atoms with Crippen LogP contribution in [-0.2, 0) is 20.8 Å². The van der Waals surface area contributed by atoms with Gasteiger partial charge in [0.05, 0.1) is 11.6 Å². The first-order valence-corrected chi connectivity index (χ1v) is 14.6. The molecule has 1 aromatic rings. The van der Waals surface area contributed by atoms with Crippen molar-refractivity contribution < 1.29 is 52.7 Å². The maximum Gasteiger partial charge on any atom is 0.573 e. The third-order valence-electron chi connectivity index (χ3n) is 9.40. The Hall–Kier alpha value is -3.62. The van der Waals surface area contributed by atoms with E-state index in [1.54, 1.807) is 0 Å². The van der Waals surface area contributed by atoms with Gasteiger partial charge >= 0.3 is 6.36 Å². The molecule has 44 heavy (non-hydrogen) atoms. The number of ether oxygens (including phenoxy) is 1. The number of hydrogen-bond acceptors (Lipinski definition) is 10. The van der Waals surface area contributed by atoms with Gasteiger partial charge in [-0.15, -0.1) is 13.2 Å². The Morgan fingerprint density at radius 3 is 2.48 bits per heavy atom. The molecule has 1 saturated heterocycles. The van der Waals surface area contributed by atoms with Crippen molar-refractivity contribution in [1.29, 1.82) is 0 Å². The molecule has 1 saturated carbocycles. The number of likely N-dealkylation sites (N-methyl/N-ethyl adjacent to an activating group) is 1. The van der Waals surface area contributed by atoms with E-state index in [1.807, 2.05) is 11.8 Å². The summed E-state index contributed by atoms with van der Waals surface area (Å²) in [5, 5.41) is 45.3. The number of alkyl halides is 3. The highest BCUT2D eigenvalue weighted by molar-refractivity contribution is 6.24.